The summed E-state index contributed by atoms with van der Waals surface area (Å²) in [6.45, 7) is 8.25. The van der Waals surface area contributed by atoms with E-state index in [4.69, 9.17) is 4.74 Å². The van der Waals surface area contributed by atoms with Crippen LogP contribution in [0.15, 0.2) is 6.20 Å². The number of morpholine rings is 1. The van der Waals surface area contributed by atoms with Gasteiger partial charge in [-0.2, -0.15) is 0 Å². The van der Waals surface area contributed by atoms with E-state index in [1.165, 1.54) is 4.88 Å². The summed E-state index contributed by atoms with van der Waals surface area (Å²) < 4.78 is 5.72. The molecule has 2 heterocycles. The summed E-state index contributed by atoms with van der Waals surface area (Å²) in [4.78, 5) is 8.04. The van der Waals surface area contributed by atoms with Crippen molar-refractivity contribution >= 4 is 11.3 Å². The molecule has 0 radical (unpaired) electrons. The van der Waals surface area contributed by atoms with E-state index in [9.17, 15) is 0 Å². The predicted molar refractivity (Wildman–Crippen MR) is 57.7 cm³/mol. The van der Waals surface area contributed by atoms with E-state index in [0.29, 0.717) is 0 Å². The Labute approximate surface area is 88.7 Å². The van der Waals surface area contributed by atoms with Gasteiger partial charge in [0.05, 0.1) is 6.61 Å². The standard InChI is InChI=1S/C10H16N2OS/c1-3-12-4-5-13-9(7-12)10-11-6-8(2)14-10/h6,9H,3-5,7H2,1-2H3. The first-order valence-electron chi connectivity index (χ1n) is 5.06. The van der Waals surface area contributed by atoms with Gasteiger partial charge in [-0.25, -0.2) is 4.98 Å². The van der Waals surface area contributed by atoms with Crippen LogP contribution in [0, 0.1) is 6.92 Å². The second-order valence-corrected chi connectivity index (χ2v) is 4.83. The number of aromatic nitrogens is 1. The number of hydrogen-bond donors (Lipinski definition) is 0. The summed E-state index contributed by atoms with van der Waals surface area (Å²) in [6.07, 6.45) is 2.12. The van der Waals surface area contributed by atoms with E-state index >= 15 is 0 Å². The zero-order valence-electron chi connectivity index (χ0n) is 8.69. The molecule has 1 aliphatic heterocycles. The Morgan fingerprint density at radius 3 is 3.21 bits per heavy atom. The van der Waals surface area contributed by atoms with Crippen LogP contribution in [-0.4, -0.2) is 36.1 Å². The molecular formula is C10H16N2OS. The summed E-state index contributed by atoms with van der Waals surface area (Å²) in [5, 5.41) is 1.13. The number of aryl methyl sites for hydroxylation is 1. The van der Waals surface area contributed by atoms with Crippen molar-refractivity contribution in [2.75, 3.05) is 26.2 Å². The van der Waals surface area contributed by atoms with Crippen LogP contribution in [0.4, 0.5) is 0 Å². The highest BCUT2D eigenvalue weighted by Gasteiger charge is 2.22. The largest absolute Gasteiger partial charge is 0.368 e. The average molecular weight is 212 g/mol. The molecule has 0 aromatic carbocycles. The minimum Gasteiger partial charge on any atom is -0.368 e. The van der Waals surface area contributed by atoms with Crippen molar-refractivity contribution < 1.29 is 4.74 Å². The highest BCUT2D eigenvalue weighted by atomic mass is 32.1. The molecule has 1 unspecified atom stereocenters. The molecule has 1 aliphatic rings. The van der Waals surface area contributed by atoms with Crippen molar-refractivity contribution in [2.45, 2.75) is 20.0 Å². The predicted octanol–water partition coefficient (Wildman–Crippen LogP) is 1.84. The summed E-state index contributed by atoms with van der Waals surface area (Å²) in [5.41, 5.74) is 0. The third-order valence-corrected chi connectivity index (χ3v) is 3.52. The SMILES string of the molecule is CCN1CCOC(c2ncc(C)s2)C1. The number of likely N-dealkylation sites (N-methyl/N-ethyl adjacent to an activating group) is 1. The van der Waals surface area contributed by atoms with E-state index in [2.05, 4.69) is 23.7 Å². The molecule has 0 saturated carbocycles. The van der Waals surface area contributed by atoms with Gasteiger partial charge in [-0.15, -0.1) is 11.3 Å². The van der Waals surface area contributed by atoms with Crippen LogP contribution in [-0.2, 0) is 4.74 Å². The van der Waals surface area contributed by atoms with Crippen molar-refractivity contribution in [1.29, 1.82) is 0 Å². The molecule has 14 heavy (non-hydrogen) atoms. The minimum atomic E-state index is 0.197. The number of rotatable bonds is 2. The van der Waals surface area contributed by atoms with Gasteiger partial charge in [-0.3, -0.25) is 4.90 Å². The van der Waals surface area contributed by atoms with Crippen molar-refractivity contribution in [1.82, 2.24) is 9.88 Å². The Hall–Kier alpha value is -0.450. The quantitative estimate of drug-likeness (QED) is 0.748. The summed E-state index contributed by atoms with van der Waals surface area (Å²) >= 11 is 1.74. The lowest BCUT2D eigenvalue weighted by Crippen LogP contribution is -2.37. The van der Waals surface area contributed by atoms with E-state index < -0.39 is 0 Å². The fourth-order valence-corrected chi connectivity index (χ4v) is 2.47. The maximum Gasteiger partial charge on any atom is 0.123 e. The van der Waals surface area contributed by atoms with E-state index in [1.54, 1.807) is 11.3 Å². The molecule has 78 valence electrons. The molecule has 1 saturated heterocycles. The molecule has 0 bridgehead atoms. The molecule has 0 spiro atoms. The Morgan fingerprint density at radius 2 is 2.57 bits per heavy atom. The van der Waals surface area contributed by atoms with Gasteiger partial charge < -0.3 is 4.74 Å². The van der Waals surface area contributed by atoms with Gasteiger partial charge in [0.15, 0.2) is 0 Å². The van der Waals surface area contributed by atoms with Crippen molar-refractivity contribution in [3.05, 3.63) is 16.1 Å². The Bertz CT molecular complexity index is 300. The van der Waals surface area contributed by atoms with Crippen LogP contribution in [0.1, 0.15) is 22.9 Å². The molecule has 0 N–H and O–H groups in total. The number of hydrogen-bond acceptors (Lipinski definition) is 4. The van der Waals surface area contributed by atoms with E-state index in [1.807, 2.05) is 6.20 Å². The summed E-state index contributed by atoms with van der Waals surface area (Å²) in [5.74, 6) is 0. The lowest BCUT2D eigenvalue weighted by atomic mass is 10.3. The molecule has 0 aliphatic carbocycles. The van der Waals surface area contributed by atoms with Gasteiger partial charge in [-0.05, 0) is 13.5 Å². The molecule has 1 aromatic heterocycles. The van der Waals surface area contributed by atoms with Crippen molar-refractivity contribution in [3.63, 3.8) is 0 Å². The highest BCUT2D eigenvalue weighted by Crippen LogP contribution is 2.25. The van der Waals surface area contributed by atoms with Gasteiger partial charge in [0.2, 0.25) is 0 Å². The van der Waals surface area contributed by atoms with Crippen LogP contribution in [0.25, 0.3) is 0 Å². The van der Waals surface area contributed by atoms with E-state index in [-0.39, 0.29) is 6.10 Å². The summed E-state index contributed by atoms with van der Waals surface area (Å²) in [7, 11) is 0. The minimum absolute atomic E-state index is 0.197. The van der Waals surface area contributed by atoms with Gasteiger partial charge >= 0.3 is 0 Å². The number of nitrogens with zero attached hydrogens (tertiary/aromatic N) is 2. The molecule has 2 rings (SSSR count). The number of ether oxygens (including phenoxy) is 1. The van der Waals surface area contributed by atoms with Crippen LogP contribution in [0.5, 0.6) is 0 Å². The summed E-state index contributed by atoms with van der Waals surface area (Å²) in [6, 6.07) is 0. The van der Waals surface area contributed by atoms with Crippen LogP contribution in [0.2, 0.25) is 0 Å². The first-order valence-corrected chi connectivity index (χ1v) is 5.87. The Balaban J connectivity index is 2.04. The highest BCUT2D eigenvalue weighted by molar-refractivity contribution is 7.11. The fourth-order valence-electron chi connectivity index (χ4n) is 1.66. The molecular weight excluding hydrogens is 196 g/mol. The number of thiazole rings is 1. The third-order valence-electron chi connectivity index (χ3n) is 2.51. The maximum absolute atomic E-state index is 5.72. The molecule has 1 aromatic rings. The van der Waals surface area contributed by atoms with Gasteiger partial charge in [0.1, 0.15) is 11.1 Å². The topological polar surface area (TPSA) is 25.4 Å². The molecule has 1 atom stereocenters. The fraction of sp³-hybridized carbons (Fsp3) is 0.700. The molecule has 0 amide bonds. The van der Waals surface area contributed by atoms with Gasteiger partial charge in [0, 0.05) is 24.2 Å². The first-order chi connectivity index (χ1) is 6.79. The smallest absolute Gasteiger partial charge is 0.123 e. The van der Waals surface area contributed by atoms with Gasteiger partial charge in [-0.1, -0.05) is 6.92 Å². The lowest BCUT2D eigenvalue weighted by molar-refractivity contribution is -0.0282. The van der Waals surface area contributed by atoms with Crippen LogP contribution >= 0.6 is 11.3 Å². The average Bonchev–Trinajstić information content (AvgIpc) is 2.65. The van der Waals surface area contributed by atoms with E-state index in [0.717, 1.165) is 31.2 Å². The monoisotopic (exact) mass is 212 g/mol. The second kappa shape index (κ2) is 4.38. The first kappa shape index (κ1) is 10.1. The van der Waals surface area contributed by atoms with Gasteiger partial charge in [0.25, 0.3) is 0 Å². The molecule has 1 fully saturated rings. The van der Waals surface area contributed by atoms with Crippen LogP contribution in [0.3, 0.4) is 0 Å². The zero-order chi connectivity index (χ0) is 9.97. The van der Waals surface area contributed by atoms with Crippen LogP contribution < -0.4 is 0 Å². The Morgan fingerprint density at radius 1 is 1.71 bits per heavy atom. The van der Waals surface area contributed by atoms with Crippen molar-refractivity contribution in [2.24, 2.45) is 0 Å². The molecule has 4 heteroatoms. The lowest BCUT2D eigenvalue weighted by Gasteiger charge is -2.30. The van der Waals surface area contributed by atoms with Crippen molar-refractivity contribution in [3.8, 4) is 0 Å². The normalized spacial score (nSPS) is 24.0. The Kier molecular flexibility index (Phi) is 3.15. The maximum atomic E-state index is 5.72. The molecule has 3 nitrogen and oxygen atoms in total. The third kappa shape index (κ3) is 2.13. The second-order valence-electron chi connectivity index (χ2n) is 3.56. The zero-order valence-corrected chi connectivity index (χ0v) is 9.51.